The SMILES string of the molecule is O=C(CC1COCCN1)Nc1ccc(C(F)(F)F)nc1. The maximum atomic E-state index is 12.3. The molecule has 2 rings (SSSR count). The zero-order valence-corrected chi connectivity index (χ0v) is 10.5. The molecule has 0 bridgehead atoms. The summed E-state index contributed by atoms with van der Waals surface area (Å²) in [5.74, 6) is -0.297. The zero-order valence-electron chi connectivity index (χ0n) is 10.5. The van der Waals surface area contributed by atoms with E-state index in [2.05, 4.69) is 15.6 Å². The fourth-order valence-corrected chi connectivity index (χ4v) is 1.82. The van der Waals surface area contributed by atoms with Crippen LogP contribution < -0.4 is 10.6 Å². The number of alkyl halides is 3. The molecule has 0 aromatic carbocycles. The molecule has 1 aromatic rings. The number of hydrogen-bond acceptors (Lipinski definition) is 4. The molecule has 20 heavy (non-hydrogen) atoms. The molecule has 1 saturated heterocycles. The van der Waals surface area contributed by atoms with Gasteiger partial charge in [0.15, 0.2) is 0 Å². The van der Waals surface area contributed by atoms with Crippen molar-refractivity contribution in [2.45, 2.75) is 18.6 Å². The Bertz CT molecular complexity index is 456. The topological polar surface area (TPSA) is 63.2 Å². The smallest absolute Gasteiger partial charge is 0.378 e. The van der Waals surface area contributed by atoms with Gasteiger partial charge in [-0.3, -0.25) is 4.79 Å². The summed E-state index contributed by atoms with van der Waals surface area (Å²) in [5, 5.41) is 5.62. The van der Waals surface area contributed by atoms with Gasteiger partial charge in [0.25, 0.3) is 0 Å². The van der Waals surface area contributed by atoms with E-state index in [1.54, 1.807) is 0 Å². The third-order valence-electron chi connectivity index (χ3n) is 2.77. The van der Waals surface area contributed by atoms with Gasteiger partial charge in [0.2, 0.25) is 5.91 Å². The number of nitrogens with zero attached hydrogens (tertiary/aromatic N) is 1. The molecule has 5 nitrogen and oxygen atoms in total. The molecule has 110 valence electrons. The quantitative estimate of drug-likeness (QED) is 0.883. The third kappa shape index (κ3) is 4.17. The minimum Gasteiger partial charge on any atom is -0.378 e. The Morgan fingerprint density at radius 1 is 1.50 bits per heavy atom. The predicted octanol–water partition coefficient (Wildman–Crippen LogP) is 1.42. The van der Waals surface area contributed by atoms with E-state index in [0.717, 1.165) is 12.3 Å². The molecule has 0 spiro atoms. The highest BCUT2D eigenvalue weighted by atomic mass is 19.4. The first-order valence-electron chi connectivity index (χ1n) is 6.09. The van der Waals surface area contributed by atoms with E-state index < -0.39 is 11.9 Å². The highest BCUT2D eigenvalue weighted by Crippen LogP contribution is 2.27. The largest absolute Gasteiger partial charge is 0.433 e. The van der Waals surface area contributed by atoms with Gasteiger partial charge in [0.05, 0.1) is 25.1 Å². The van der Waals surface area contributed by atoms with Crippen molar-refractivity contribution in [1.82, 2.24) is 10.3 Å². The minimum atomic E-state index is -4.48. The van der Waals surface area contributed by atoms with E-state index in [1.807, 2.05) is 0 Å². The van der Waals surface area contributed by atoms with Crippen molar-refractivity contribution in [3.05, 3.63) is 24.0 Å². The van der Waals surface area contributed by atoms with Gasteiger partial charge in [0.1, 0.15) is 5.69 Å². The first kappa shape index (κ1) is 14.7. The number of anilines is 1. The van der Waals surface area contributed by atoms with Gasteiger partial charge in [-0.15, -0.1) is 0 Å². The van der Waals surface area contributed by atoms with Crippen LogP contribution in [0.15, 0.2) is 18.3 Å². The summed E-state index contributed by atoms with van der Waals surface area (Å²) in [6, 6.07) is 1.93. The van der Waals surface area contributed by atoms with Gasteiger partial charge >= 0.3 is 6.18 Å². The average Bonchev–Trinajstić information content (AvgIpc) is 2.39. The Morgan fingerprint density at radius 3 is 2.85 bits per heavy atom. The number of carbonyl (C=O) groups excluding carboxylic acids is 1. The lowest BCUT2D eigenvalue weighted by molar-refractivity contribution is -0.141. The molecule has 2 N–H and O–H groups in total. The molecule has 0 radical (unpaired) electrons. The van der Waals surface area contributed by atoms with Crippen LogP contribution in [-0.2, 0) is 15.7 Å². The molecule has 1 aliphatic rings. The van der Waals surface area contributed by atoms with E-state index in [4.69, 9.17) is 4.74 Å². The Labute approximate surface area is 113 Å². The Kier molecular flexibility index (Phi) is 4.56. The van der Waals surface area contributed by atoms with E-state index in [1.165, 1.54) is 6.07 Å². The number of morpholine rings is 1. The number of aromatic nitrogens is 1. The highest BCUT2D eigenvalue weighted by molar-refractivity contribution is 5.90. The number of rotatable bonds is 3. The Balaban J connectivity index is 1.87. The summed E-state index contributed by atoms with van der Waals surface area (Å²) >= 11 is 0. The molecular weight excluding hydrogens is 275 g/mol. The summed E-state index contributed by atoms with van der Waals surface area (Å²) in [5.41, 5.74) is -0.752. The first-order chi connectivity index (χ1) is 9.45. The molecular formula is C12H14F3N3O2. The average molecular weight is 289 g/mol. The molecule has 0 aliphatic carbocycles. The van der Waals surface area contributed by atoms with Crippen LogP contribution in [0.2, 0.25) is 0 Å². The molecule has 8 heteroatoms. The van der Waals surface area contributed by atoms with Crippen molar-refractivity contribution in [3.8, 4) is 0 Å². The van der Waals surface area contributed by atoms with Crippen LogP contribution in [0.4, 0.5) is 18.9 Å². The Morgan fingerprint density at radius 2 is 2.30 bits per heavy atom. The molecule has 1 fully saturated rings. The zero-order chi connectivity index (χ0) is 14.6. The first-order valence-corrected chi connectivity index (χ1v) is 6.09. The highest BCUT2D eigenvalue weighted by Gasteiger charge is 2.32. The second kappa shape index (κ2) is 6.19. The molecule has 1 aliphatic heterocycles. The molecule has 1 unspecified atom stereocenters. The van der Waals surface area contributed by atoms with Crippen molar-refractivity contribution in [1.29, 1.82) is 0 Å². The molecule has 1 aromatic heterocycles. The summed E-state index contributed by atoms with van der Waals surface area (Å²) in [6.07, 6.45) is -3.29. The Hall–Kier alpha value is -1.67. The third-order valence-corrected chi connectivity index (χ3v) is 2.77. The van der Waals surface area contributed by atoms with Crippen LogP contribution >= 0.6 is 0 Å². The standard InChI is InChI=1S/C12H14F3N3O2/c13-12(14,15)10-2-1-8(6-17-10)18-11(19)5-9-7-20-4-3-16-9/h1-2,6,9,16H,3-5,7H2,(H,18,19). The van der Waals surface area contributed by atoms with E-state index in [0.29, 0.717) is 19.8 Å². The number of nitrogens with one attached hydrogen (secondary N) is 2. The lowest BCUT2D eigenvalue weighted by Crippen LogP contribution is -2.43. The lowest BCUT2D eigenvalue weighted by atomic mass is 10.2. The van der Waals surface area contributed by atoms with Gasteiger partial charge in [-0.2, -0.15) is 13.2 Å². The normalized spacial score (nSPS) is 19.6. The van der Waals surface area contributed by atoms with Crippen LogP contribution in [0.25, 0.3) is 0 Å². The monoisotopic (exact) mass is 289 g/mol. The van der Waals surface area contributed by atoms with E-state index in [9.17, 15) is 18.0 Å². The number of amides is 1. The maximum Gasteiger partial charge on any atom is 0.433 e. The van der Waals surface area contributed by atoms with Crippen molar-refractivity contribution < 1.29 is 22.7 Å². The number of halogens is 3. The van der Waals surface area contributed by atoms with Gasteiger partial charge in [0, 0.05) is 19.0 Å². The fourth-order valence-electron chi connectivity index (χ4n) is 1.82. The minimum absolute atomic E-state index is 0.0776. The second-order valence-electron chi connectivity index (χ2n) is 4.41. The summed E-state index contributed by atoms with van der Waals surface area (Å²) < 4.78 is 42.2. The van der Waals surface area contributed by atoms with E-state index >= 15 is 0 Å². The lowest BCUT2D eigenvalue weighted by Gasteiger charge is -2.23. The van der Waals surface area contributed by atoms with Crippen LogP contribution in [0.3, 0.4) is 0 Å². The number of pyridine rings is 1. The fraction of sp³-hybridized carbons (Fsp3) is 0.500. The van der Waals surface area contributed by atoms with Crippen molar-refractivity contribution in [3.63, 3.8) is 0 Å². The van der Waals surface area contributed by atoms with Crippen LogP contribution in [-0.4, -0.2) is 36.7 Å². The number of carbonyl (C=O) groups is 1. The number of ether oxygens (including phenoxy) is 1. The van der Waals surface area contributed by atoms with Crippen LogP contribution in [0.1, 0.15) is 12.1 Å². The van der Waals surface area contributed by atoms with Crippen molar-refractivity contribution in [2.75, 3.05) is 25.1 Å². The van der Waals surface area contributed by atoms with Crippen LogP contribution in [0.5, 0.6) is 0 Å². The molecule has 0 saturated carbocycles. The van der Waals surface area contributed by atoms with Gasteiger partial charge < -0.3 is 15.4 Å². The molecule has 2 heterocycles. The molecule has 1 amide bonds. The summed E-state index contributed by atoms with van der Waals surface area (Å²) in [6.45, 7) is 1.74. The second-order valence-corrected chi connectivity index (χ2v) is 4.41. The summed E-state index contributed by atoms with van der Waals surface area (Å²) in [7, 11) is 0. The van der Waals surface area contributed by atoms with E-state index in [-0.39, 0.29) is 24.1 Å². The van der Waals surface area contributed by atoms with Crippen LogP contribution in [0, 0.1) is 0 Å². The van der Waals surface area contributed by atoms with Crippen molar-refractivity contribution >= 4 is 11.6 Å². The number of hydrogen-bond donors (Lipinski definition) is 2. The maximum absolute atomic E-state index is 12.3. The predicted molar refractivity (Wildman–Crippen MR) is 65.1 cm³/mol. The van der Waals surface area contributed by atoms with Gasteiger partial charge in [-0.05, 0) is 12.1 Å². The summed E-state index contributed by atoms with van der Waals surface area (Å²) in [4.78, 5) is 15.0. The van der Waals surface area contributed by atoms with Gasteiger partial charge in [-0.1, -0.05) is 0 Å². The van der Waals surface area contributed by atoms with Crippen molar-refractivity contribution in [2.24, 2.45) is 0 Å². The van der Waals surface area contributed by atoms with Gasteiger partial charge in [-0.25, -0.2) is 4.98 Å². The molecule has 1 atom stereocenters.